The molecule has 0 saturated carbocycles. The summed E-state index contributed by atoms with van der Waals surface area (Å²) >= 11 is 0. The van der Waals surface area contributed by atoms with Gasteiger partial charge >= 0.3 is 5.97 Å². The van der Waals surface area contributed by atoms with E-state index in [0.717, 1.165) is 30.4 Å². The van der Waals surface area contributed by atoms with Gasteiger partial charge in [-0.1, -0.05) is 13.8 Å². The molecule has 0 unspecified atom stereocenters. The molecule has 1 aromatic heterocycles. The van der Waals surface area contributed by atoms with Crippen molar-refractivity contribution in [2.24, 2.45) is 5.41 Å². The second-order valence-electron chi connectivity index (χ2n) is 5.87. The zero-order valence-electron chi connectivity index (χ0n) is 12.6. The fraction of sp³-hybridized carbons (Fsp3) is 0.533. The summed E-state index contributed by atoms with van der Waals surface area (Å²) in [5.74, 6) is -0.222. The van der Waals surface area contributed by atoms with Crippen molar-refractivity contribution in [3.05, 3.63) is 16.7 Å². The maximum absolute atomic E-state index is 10.9. The van der Waals surface area contributed by atoms with E-state index in [2.05, 4.69) is 29.8 Å². The van der Waals surface area contributed by atoms with Gasteiger partial charge in [0.1, 0.15) is 11.6 Å². The van der Waals surface area contributed by atoms with Crippen LogP contribution in [0.25, 0.3) is 0 Å². The molecule has 6 nitrogen and oxygen atoms in total. The Balaban J connectivity index is 2.53. The highest BCUT2D eigenvalue weighted by Crippen LogP contribution is 2.41. The van der Waals surface area contributed by atoms with Gasteiger partial charge in [-0.15, -0.1) is 0 Å². The van der Waals surface area contributed by atoms with Crippen LogP contribution in [0.5, 0.6) is 11.8 Å². The fourth-order valence-corrected chi connectivity index (χ4v) is 2.55. The second-order valence-corrected chi connectivity index (χ2v) is 5.87. The molecule has 0 bridgehead atoms. The number of nitriles is 1. The van der Waals surface area contributed by atoms with Crippen molar-refractivity contribution < 1.29 is 19.3 Å². The lowest BCUT2D eigenvalue weighted by molar-refractivity contribution is -0.212. The number of ether oxygens (including phenoxy) is 1. The predicted octanol–water partition coefficient (Wildman–Crippen LogP) is 2.33. The Labute approximate surface area is 123 Å². The van der Waals surface area contributed by atoms with Gasteiger partial charge in [-0.05, 0) is 30.2 Å². The molecular weight excluding hydrogens is 272 g/mol. The summed E-state index contributed by atoms with van der Waals surface area (Å²) in [4.78, 5) is 24.4. The third-order valence-electron chi connectivity index (χ3n) is 3.59. The molecule has 0 fully saturated rings. The van der Waals surface area contributed by atoms with E-state index < -0.39 is 5.97 Å². The molecule has 0 aromatic carbocycles. The van der Waals surface area contributed by atoms with Gasteiger partial charge in [0, 0.05) is 12.5 Å². The van der Waals surface area contributed by atoms with Crippen molar-refractivity contribution >= 4 is 5.97 Å². The molecule has 1 aromatic rings. The molecule has 2 rings (SSSR count). The molecule has 0 radical (unpaired) electrons. The van der Waals surface area contributed by atoms with Crippen molar-refractivity contribution in [3.63, 3.8) is 0 Å². The minimum absolute atomic E-state index is 0.0269. The topological polar surface area (TPSA) is 81.4 Å². The van der Waals surface area contributed by atoms with Crippen LogP contribution >= 0.6 is 0 Å². The minimum atomic E-state index is -0.613. The Kier molecular flexibility index (Phi) is 4.03. The van der Waals surface area contributed by atoms with E-state index in [9.17, 15) is 10.1 Å². The van der Waals surface area contributed by atoms with Gasteiger partial charge in [0.05, 0.1) is 7.11 Å². The van der Waals surface area contributed by atoms with Crippen LogP contribution in [0.1, 0.15) is 43.9 Å². The normalized spacial score (nSPS) is 15.6. The number of aromatic nitrogens is 1. The molecule has 1 heterocycles. The monoisotopic (exact) mass is 290 g/mol. The van der Waals surface area contributed by atoms with Crippen LogP contribution < -0.4 is 9.62 Å². The molecule has 112 valence electrons. The summed E-state index contributed by atoms with van der Waals surface area (Å²) < 4.78 is 5.29. The lowest BCUT2D eigenvalue weighted by Gasteiger charge is -2.32. The van der Waals surface area contributed by atoms with Crippen LogP contribution in [0.2, 0.25) is 0 Å². The first kappa shape index (κ1) is 15.1. The van der Waals surface area contributed by atoms with E-state index in [-0.39, 0.29) is 11.3 Å². The first-order valence-electron chi connectivity index (χ1n) is 6.73. The summed E-state index contributed by atoms with van der Waals surface area (Å²) in [5.41, 5.74) is 2.19. The van der Waals surface area contributed by atoms with Crippen LogP contribution in [0.15, 0.2) is 0 Å². The number of fused-ring (bicyclic) bond motifs is 1. The summed E-state index contributed by atoms with van der Waals surface area (Å²) in [5, 5.41) is 9.42. The van der Waals surface area contributed by atoms with Crippen molar-refractivity contribution in [2.45, 2.75) is 40.0 Å². The molecule has 1 aliphatic carbocycles. The highest BCUT2D eigenvalue weighted by molar-refractivity contribution is 5.65. The van der Waals surface area contributed by atoms with E-state index >= 15 is 0 Å². The quantitative estimate of drug-likeness (QED) is 0.627. The molecule has 21 heavy (non-hydrogen) atoms. The summed E-state index contributed by atoms with van der Waals surface area (Å²) in [6, 6.07) is 2.10. The minimum Gasteiger partial charge on any atom is -0.481 e. The van der Waals surface area contributed by atoms with E-state index in [1.54, 1.807) is 0 Å². The molecule has 6 heteroatoms. The van der Waals surface area contributed by atoms with Crippen molar-refractivity contribution in [1.82, 2.24) is 4.98 Å². The SMILES string of the molecule is COc1nc(OOC(C)=O)c(C#N)c2c1CCC(C)(C)C2. The maximum Gasteiger partial charge on any atom is 0.352 e. The van der Waals surface area contributed by atoms with Crippen LogP contribution in [-0.4, -0.2) is 18.1 Å². The Bertz CT molecular complexity index is 617. The third kappa shape index (κ3) is 3.07. The van der Waals surface area contributed by atoms with Crippen LogP contribution in [0.3, 0.4) is 0 Å². The standard InChI is InChI=1S/C15H18N2O4/c1-9(18)20-21-14-12(8-16)11-7-15(2,3)6-5-10(11)13(17-14)19-4/h5-7H2,1-4H3. The highest BCUT2D eigenvalue weighted by atomic mass is 17.2. The Hall–Kier alpha value is -2.29. The fourth-order valence-electron chi connectivity index (χ4n) is 2.55. The molecule has 0 aliphatic heterocycles. The van der Waals surface area contributed by atoms with Gasteiger partial charge in [-0.25, -0.2) is 9.68 Å². The van der Waals surface area contributed by atoms with Gasteiger partial charge in [-0.3, -0.25) is 4.89 Å². The smallest absolute Gasteiger partial charge is 0.352 e. The predicted molar refractivity (Wildman–Crippen MR) is 73.7 cm³/mol. The molecule has 0 saturated heterocycles. The second kappa shape index (κ2) is 5.60. The summed E-state index contributed by atoms with van der Waals surface area (Å²) in [6.07, 6.45) is 2.51. The summed E-state index contributed by atoms with van der Waals surface area (Å²) in [7, 11) is 1.52. The van der Waals surface area contributed by atoms with Crippen LogP contribution in [0, 0.1) is 16.7 Å². The number of pyridine rings is 1. The number of carbonyl (C=O) groups is 1. The van der Waals surface area contributed by atoms with E-state index in [1.165, 1.54) is 14.0 Å². The van der Waals surface area contributed by atoms with Gasteiger partial charge < -0.3 is 4.74 Å². The molecule has 0 spiro atoms. The van der Waals surface area contributed by atoms with Crippen LogP contribution in [0.4, 0.5) is 0 Å². The molecule has 0 amide bonds. The van der Waals surface area contributed by atoms with E-state index in [4.69, 9.17) is 9.62 Å². The van der Waals surface area contributed by atoms with Gasteiger partial charge in [0.15, 0.2) is 0 Å². The van der Waals surface area contributed by atoms with Gasteiger partial charge in [0.25, 0.3) is 5.88 Å². The van der Waals surface area contributed by atoms with Crippen molar-refractivity contribution in [3.8, 4) is 17.8 Å². The lowest BCUT2D eigenvalue weighted by Crippen LogP contribution is -2.24. The number of hydrogen-bond acceptors (Lipinski definition) is 6. The average molecular weight is 290 g/mol. The molecule has 0 N–H and O–H groups in total. The Morgan fingerprint density at radius 2 is 2.05 bits per heavy atom. The van der Waals surface area contributed by atoms with Gasteiger partial charge in [-0.2, -0.15) is 10.2 Å². The largest absolute Gasteiger partial charge is 0.481 e. The molecule has 1 aliphatic rings. The zero-order chi connectivity index (χ0) is 15.6. The van der Waals surface area contributed by atoms with E-state index in [1.807, 2.05) is 0 Å². The Morgan fingerprint density at radius 1 is 1.33 bits per heavy atom. The molecular formula is C15H18N2O4. The number of hydrogen-bond donors (Lipinski definition) is 0. The highest BCUT2D eigenvalue weighted by Gasteiger charge is 2.32. The lowest BCUT2D eigenvalue weighted by atomic mass is 9.73. The number of nitrogens with zero attached hydrogens (tertiary/aromatic N) is 2. The van der Waals surface area contributed by atoms with Gasteiger partial charge in [0.2, 0.25) is 5.88 Å². The van der Waals surface area contributed by atoms with Crippen molar-refractivity contribution in [2.75, 3.05) is 7.11 Å². The molecule has 0 atom stereocenters. The third-order valence-corrected chi connectivity index (χ3v) is 3.59. The van der Waals surface area contributed by atoms with Crippen molar-refractivity contribution in [1.29, 1.82) is 5.26 Å². The first-order valence-corrected chi connectivity index (χ1v) is 6.73. The maximum atomic E-state index is 10.9. The Morgan fingerprint density at radius 3 is 2.62 bits per heavy atom. The number of carbonyl (C=O) groups excluding carboxylic acids is 1. The number of rotatable bonds is 3. The van der Waals surface area contributed by atoms with Crippen LogP contribution in [-0.2, 0) is 22.5 Å². The first-order chi connectivity index (χ1) is 9.88. The zero-order valence-corrected chi connectivity index (χ0v) is 12.6. The average Bonchev–Trinajstić information content (AvgIpc) is 2.42. The summed E-state index contributed by atoms with van der Waals surface area (Å²) in [6.45, 7) is 5.51. The number of methoxy groups -OCH3 is 1. The van der Waals surface area contributed by atoms with E-state index in [0.29, 0.717) is 11.4 Å².